The Hall–Kier alpha value is -2.16. The minimum Gasteiger partial charge on any atom is -0.359 e. The van der Waals surface area contributed by atoms with E-state index >= 15 is 0 Å². The van der Waals surface area contributed by atoms with Crippen LogP contribution in [0, 0.1) is 0 Å². The van der Waals surface area contributed by atoms with E-state index in [1.54, 1.807) is 31.3 Å². The summed E-state index contributed by atoms with van der Waals surface area (Å²) in [5.41, 5.74) is 1.56. The van der Waals surface area contributed by atoms with Crippen LogP contribution >= 0.6 is 0 Å². The molecular weight excluding hydrogens is 226 g/mol. The van der Waals surface area contributed by atoms with Gasteiger partial charge in [0.15, 0.2) is 5.78 Å². The first-order valence-corrected chi connectivity index (χ1v) is 5.77. The maximum absolute atomic E-state index is 11.3. The van der Waals surface area contributed by atoms with Crippen molar-refractivity contribution in [1.82, 2.24) is 5.32 Å². The monoisotopic (exact) mass is 243 g/mol. The van der Waals surface area contributed by atoms with Crippen molar-refractivity contribution in [3.8, 4) is 0 Å². The number of carbonyl (C=O) groups is 2. The molecule has 0 saturated carbocycles. The summed E-state index contributed by atoms with van der Waals surface area (Å²) < 4.78 is 0. The van der Waals surface area contributed by atoms with Gasteiger partial charge in [0.25, 0.3) is 0 Å². The molecule has 1 aromatic rings. The maximum Gasteiger partial charge on any atom is 0.224 e. The van der Waals surface area contributed by atoms with Crippen LogP contribution in [0.2, 0.25) is 0 Å². The van der Waals surface area contributed by atoms with Crippen molar-refractivity contribution < 1.29 is 9.59 Å². The van der Waals surface area contributed by atoms with Crippen LogP contribution in [0.1, 0.15) is 22.8 Å². The second-order valence-corrected chi connectivity index (χ2v) is 3.87. The van der Waals surface area contributed by atoms with Crippen LogP contribution < -0.4 is 5.32 Å². The van der Waals surface area contributed by atoms with E-state index in [2.05, 4.69) is 5.32 Å². The highest BCUT2D eigenvalue weighted by molar-refractivity contribution is 5.93. The minimum atomic E-state index is -0.0275. The third-order valence-electron chi connectivity index (χ3n) is 2.44. The molecule has 0 aliphatic heterocycles. The average Bonchev–Trinajstić information content (AvgIpc) is 2.36. The zero-order valence-corrected chi connectivity index (χ0v) is 10.6. The number of Topliss-reactive ketones (excluding diaryl/α,β-unsaturated/α-hetero) is 1. The summed E-state index contributed by atoms with van der Waals surface area (Å²) >= 11 is 0. The molecule has 0 heterocycles. The SMILES string of the molecule is CNC(=O)Cc1ccccc(C(C)=O)cccc1. The third-order valence-corrected chi connectivity index (χ3v) is 2.44. The number of nitrogens with one attached hydrogen (secondary N) is 1. The molecule has 1 rings (SSSR count). The van der Waals surface area contributed by atoms with Gasteiger partial charge in [0, 0.05) is 12.6 Å². The van der Waals surface area contributed by atoms with Crippen molar-refractivity contribution in [2.45, 2.75) is 13.3 Å². The number of carbonyl (C=O) groups excluding carboxylic acids is 2. The molecule has 1 N–H and O–H groups in total. The van der Waals surface area contributed by atoms with Crippen LogP contribution in [0.4, 0.5) is 0 Å². The van der Waals surface area contributed by atoms with E-state index in [-0.39, 0.29) is 11.7 Å². The Bertz CT molecular complexity index is 466. The van der Waals surface area contributed by atoms with Gasteiger partial charge >= 0.3 is 0 Å². The topological polar surface area (TPSA) is 46.2 Å². The number of amides is 1. The molecule has 0 spiro atoms. The summed E-state index contributed by atoms with van der Waals surface area (Å²) in [7, 11) is 1.62. The molecule has 3 heteroatoms. The van der Waals surface area contributed by atoms with Crippen molar-refractivity contribution in [3.05, 3.63) is 59.7 Å². The quantitative estimate of drug-likeness (QED) is 0.828. The first-order valence-electron chi connectivity index (χ1n) is 5.77. The van der Waals surface area contributed by atoms with E-state index in [4.69, 9.17) is 0 Å². The average molecular weight is 243 g/mol. The molecule has 0 radical (unpaired) electrons. The van der Waals surface area contributed by atoms with Crippen molar-refractivity contribution in [3.63, 3.8) is 0 Å². The fraction of sp³-hybridized carbons (Fsp3) is 0.200. The van der Waals surface area contributed by atoms with Crippen LogP contribution in [0.5, 0.6) is 0 Å². The molecule has 0 fully saturated rings. The molecule has 3 nitrogen and oxygen atoms in total. The van der Waals surface area contributed by atoms with Crippen LogP contribution in [0.15, 0.2) is 48.5 Å². The Morgan fingerprint density at radius 2 is 1.50 bits per heavy atom. The summed E-state index contributed by atoms with van der Waals surface area (Å²) in [6.45, 7) is 1.53. The molecule has 94 valence electrons. The first-order chi connectivity index (χ1) is 8.63. The van der Waals surface area contributed by atoms with Crippen LogP contribution in [-0.2, 0) is 11.2 Å². The van der Waals surface area contributed by atoms with Gasteiger partial charge in [-0.2, -0.15) is 0 Å². The lowest BCUT2D eigenvalue weighted by Crippen LogP contribution is -2.19. The molecule has 1 amide bonds. The highest BCUT2D eigenvalue weighted by Crippen LogP contribution is 1.99. The highest BCUT2D eigenvalue weighted by Gasteiger charge is 1.97. The number of rotatable bonds is 3. The summed E-state index contributed by atoms with van der Waals surface area (Å²) in [6, 6.07) is 14.5. The van der Waals surface area contributed by atoms with Crippen molar-refractivity contribution in [2.24, 2.45) is 0 Å². The largest absolute Gasteiger partial charge is 0.359 e. The molecule has 1 aromatic carbocycles. The predicted octanol–water partition coefficient (Wildman–Crippen LogP) is 2.30. The lowest BCUT2D eigenvalue weighted by Gasteiger charge is -1.97. The highest BCUT2D eigenvalue weighted by atomic mass is 16.1. The Balaban J connectivity index is 3.07. The van der Waals surface area contributed by atoms with Crippen molar-refractivity contribution >= 4 is 11.7 Å². The van der Waals surface area contributed by atoms with Gasteiger partial charge in [-0.25, -0.2) is 0 Å². The van der Waals surface area contributed by atoms with E-state index < -0.39 is 0 Å². The van der Waals surface area contributed by atoms with E-state index in [0.717, 1.165) is 5.56 Å². The molecular formula is C15H17NO2. The molecule has 0 unspecified atom stereocenters. The van der Waals surface area contributed by atoms with Gasteiger partial charge in [-0.1, -0.05) is 48.5 Å². The van der Waals surface area contributed by atoms with Gasteiger partial charge in [0.2, 0.25) is 5.91 Å². The molecule has 0 aliphatic rings. The fourth-order valence-electron chi connectivity index (χ4n) is 1.41. The Kier molecular flexibility index (Phi) is 5.58. The van der Waals surface area contributed by atoms with Crippen LogP contribution in [0.25, 0.3) is 0 Å². The third kappa shape index (κ3) is 4.78. The minimum absolute atomic E-state index is 0.0273. The second-order valence-electron chi connectivity index (χ2n) is 3.87. The summed E-state index contributed by atoms with van der Waals surface area (Å²) in [4.78, 5) is 22.6. The maximum atomic E-state index is 11.3. The molecule has 0 saturated heterocycles. The molecule has 18 heavy (non-hydrogen) atoms. The lowest BCUT2D eigenvalue weighted by atomic mass is 10.1. The predicted molar refractivity (Wildman–Crippen MR) is 71.8 cm³/mol. The Morgan fingerprint density at radius 1 is 1.00 bits per heavy atom. The summed E-state index contributed by atoms with van der Waals surface area (Å²) in [5.74, 6) is -0.000238. The van der Waals surface area contributed by atoms with Gasteiger partial charge in [0.05, 0.1) is 6.42 Å². The van der Waals surface area contributed by atoms with E-state index in [1.807, 2.05) is 24.3 Å². The Morgan fingerprint density at radius 3 is 1.94 bits per heavy atom. The van der Waals surface area contributed by atoms with Gasteiger partial charge in [-0.3, -0.25) is 9.59 Å². The van der Waals surface area contributed by atoms with Gasteiger partial charge in [0.1, 0.15) is 0 Å². The van der Waals surface area contributed by atoms with Gasteiger partial charge in [-0.05, 0) is 12.5 Å². The normalized spacial score (nSPS) is 9.22. The van der Waals surface area contributed by atoms with Crippen molar-refractivity contribution in [1.29, 1.82) is 0 Å². The number of ketones is 1. The molecule has 0 aliphatic carbocycles. The molecule has 0 atom stereocenters. The fourth-order valence-corrected chi connectivity index (χ4v) is 1.41. The molecule has 0 bridgehead atoms. The lowest BCUT2D eigenvalue weighted by molar-refractivity contribution is -0.119. The Labute approximate surface area is 107 Å². The van der Waals surface area contributed by atoms with Crippen LogP contribution in [-0.4, -0.2) is 18.7 Å². The second kappa shape index (κ2) is 7.22. The summed E-state index contributed by atoms with van der Waals surface area (Å²) in [5, 5.41) is 2.59. The zero-order valence-electron chi connectivity index (χ0n) is 10.6. The van der Waals surface area contributed by atoms with Crippen molar-refractivity contribution in [2.75, 3.05) is 7.05 Å². The van der Waals surface area contributed by atoms with Gasteiger partial charge in [-0.15, -0.1) is 0 Å². The number of hydrogen-bond donors (Lipinski definition) is 1. The number of likely N-dealkylation sites (N-methyl/N-ethyl adjacent to an activating group) is 1. The van der Waals surface area contributed by atoms with E-state index in [1.165, 1.54) is 6.92 Å². The first kappa shape index (κ1) is 13.9. The number of hydrogen-bond acceptors (Lipinski definition) is 2. The molecule has 0 aromatic heterocycles. The van der Waals surface area contributed by atoms with E-state index in [0.29, 0.717) is 12.0 Å². The van der Waals surface area contributed by atoms with E-state index in [9.17, 15) is 9.59 Å². The zero-order chi connectivity index (χ0) is 13.4. The standard InChI is InChI=1S/C15H17NO2/c1-12(17)14-9-5-3-7-13(8-4-6-10-14)11-15(18)16-2/h3-10H,11H2,1-2H3,(H,16,18). The van der Waals surface area contributed by atoms with Gasteiger partial charge < -0.3 is 5.32 Å². The van der Waals surface area contributed by atoms with Crippen LogP contribution in [0.3, 0.4) is 0 Å². The smallest absolute Gasteiger partial charge is 0.224 e. The summed E-state index contributed by atoms with van der Waals surface area (Å²) in [6.07, 6.45) is 0.342.